The van der Waals surface area contributed by atoms with Crippen molar-refractivity contribution in [1.82, 2.24) is 0 Å². The Kier molecular flexibility index (Phi) is 8.36. The second-order valence-corrected chi connectivity index (χ2v) is 5.63. The van der Waals surface area contributed by atoms with E-state index in [1.54, 1.807) is 0 Å². The summed E-state index contributed by atoms with van der Waals surface area (Å²) >= 11 is 0. The Morgan fingerprint density at radius 1 is 0.850 bits per heavy atom. The van der Waals surface area contributed by atoms with Crippen LogP contribution >= 0.6 is 0 Å². The molecule has 0 saturated heterocycles. The van der Waals surface area contributed by atoms with Crippen LogP contribution in [0.15, 0.2) is 30.3 Å². The van der Waals surface area contributed by atoms with Gasteiger partial charge in [0.1, 0.15) is 5.75 Å². The lowest BCUT2D eigenvalue weighted by Gasteiger charge is -2.29. The summed E-state index contributed by atoms with van der Waals surface area (Å²) in [4.78, 5) is 0. The molecule has 1 aromatic rings. The number of para-hydroxylation sites is 1. The Morgan fingerprint density at radius 2 is 1.40 bits per heavy atom. The van der Waals surface area contributed by atoms with Gasteiger partial charge in [-0.05, 0) is 25.0 Å². The van der Waals surface area contributed by atoms with E-state index >= 15 is 0 Å². The van der Waals surface area contributed by atoms with Crippen molar-refractivity contribution in [2.45, 2.75) is 77.4 Å². The quantitative estimate of drug-likeness (QED) is 0.439. The Labute approximate surface area is 124 Å². The number of ether oxygens (including phenoxy) is 1. The van der Waals surface area contributed by atoms with Gasteiger partial charge in [-0.2, -0.15) is 0 Å². The van der Waals surface area contributed by atoms with Crippen molar-refractivity contribution in [2.75, 3.05) is 0 Å². The molecule has 0 amide bonds. The van der Waals surface area contributed by atoms with E-state index in [4.69, 9.17) is 4.74 Å². The molecule has 2 nitrogen and oxygen atoms in total. The number of hydrogen-bond acceptors (Lipinski definition) is 2. The van der Waals surface area contributed by atoms with Gasteiger partial charge in [0.25, 0.3) is 0 Å². The molecule has 0 aliphatic carbocycles. The van der Waals surface area contributed by atoms with Crippen LogP contribution < -0.4 is 4.74 Å². The second kappa shape index (κ2) is 9.82. The zero-order valence-electron chi connectivity index (χ0n) is 13.1. The summed E-state index contributed by atoms with van der Waals surface area (Å²) < 4.78 is 5.88. The third-order valence-electron chi connectivity index (χ3n) is 3.64. The summed E-state index contributed by atoms with van der Waals surface area (Å²) in [7, 11) is 0. The minimum absolute atomic E-state index is 0.724. The Balaban J connectivity index is 2.52. The molecule has 1 rings (SSSR count). The third kappa shape index (κ3) is 6.95. The van der Waals surface area contributed by atoms with Crippen LogP contribution in [0.3, 0.4) is 0 Å². The SMILES string of the molecule is CCCCCCC(O)(CCCCC)Oc1ccccc1. The maximum atomic E-state index is 10.8. The Hall–Kier alpha value is -1.02. The zero-order chi connectivity index (χ0) is 14.7. The fourth-order valence-corrected chi connectivity index (χ4v) is 2.41. The monoisotopic (exact) mass is 278 g/mol. The molecule has 1 atom stereocenters. The molecule has 0 saturated carbocycles. The lowest BCUT2D eigenvalue weighted by atomic mass is 10.00. The predicted octanol–water partition coefficient (Wildman–Crippen LogP) is 5.30. The summed E-state index contributed by atoms with van der Waals surface area (Å²) in [5.74, 6) is -0.230. The lowest BCUT2D eigenvalue weighted by molar-refractivity contribution is -0.150. The van der Waals surface area contributed by atoms with E-state index < -0.39 is 5.79 Å². The molecule has 114 valence electrons. The van der Waals surface area contributed by atoms with Gasteiger partial charge < -0.3 is 9.84 Å². The summed E-state index contributed by atoms with van der Waals surface area (Å²) in [6.07, 6.45) is 9.44. The number of unbranched alkanes of at least 4 members (excludes halogenated alkanes) is 5. The highest BCUT2D eigenvalue weighted by molar-refractivity contribution is 5.21. The molecule has 0 bridgehead atoms. The van der Waals surface area contributed by atoms with Crippen molar-refractivity contribution in [1.29, 1.82) is 0 Å². The normalized spacial score (nSPS) is 13.9. The van der Waals surface area contributed by atoms with Gasteiger partial charge in [0.15, 0.2) is 0 Å². The van der Waals surface area contributed by atoms with Crippen LogP contribution in [0.25, 0.3) is 0 Å². The van der Waals surface area contributed by atoms with Crippen LogP contribution in [0, 0.1) is 0 Å². The van der Waals surface area contributed by atoms with Crippen LogP contribution in [0.5, 0.6) is 5.75 Å². The molecule has 0 aliphatic heterocycles. The number of rotatable bonds is 11. The fourth-order valence-electron chi connectivity index (χ4n) is 2.41. The van der Waals surface area contributed by atoms with Crippen molar-refractivity contribution < 1.29 is 9.84 Å². The van der Waals surface area contributed by atoms with Crippen molar-refractivity contribution in [3.8, 4) is 5.75 Å². The first-order valence-corrected chi connectivity index (χ1v) is 8.16. The van der Waals surface area contributed by atoms with Gasteiger partial charge in [-0.1, -0.05) is 64.2 Å². The maximum Gasteiger partial charge on any atom is 0.208 e. The van der Waals surface area contributed by atoms with E-state index in [0.29, 0.717) is 0 Å². The van der Waals surface area contributed by atoms with Crippen LogP contribution in [0.1, 0.15) is 71.6 Å². The standard InChI is InChI=1S/C18H30O2/c1-3-5-7-12-16-18(19,15-11-6-4-2)20-17-13-9-8-10-14-17/h8-10,13-14,19H,3-7,11-12,15-16H2,1-2H3. The largest absolute Gasteiger partial charge is 0.463 e. The van der Waals surface area contributed by atoms with Crippen LogP contribution in [0.2, 0.25) is 0 Å². The first-order valence-electron chi connectivity index (χ1n) is 8.16. The molecule has 0 fully saturated rings. The lowest BCUT2D eigenvalue weighted by Crippen LogP contribution is -2.35. The summed E-state index contributed by atoms with van der Waals surface area (Å²) in [6, 6.07) is 9.68. The zero-order valence-corrected chi connectivity index (χ0v) is 13.1. The molecule has 0 aromatic heterocycles. The molecule has 1 N–H and O–H groups in total. The van der Waals surface area contributed by atoms with Crippen LogP contribution in [0.4, 0.5) is 0 Å². The second-order valence-electron chi connectivity index (χ2n) is 5.63. The Morgan fingerprint density at radius 3 is 2.00 bits per heavy atom. The van der Waals surface area contributed by atoms with Gasteiger partial charge in [0, 0.05) is 12.8 Å². The van der Waals surface area contributed by atoms with Crippen molar-refractivity contribution >= 4 is 0 Å². The van der Waals surface area contributed by atoms with Gasteiger partial charge in [-0.3, -0.25) is 0 Å². The molecule has 1 aromatic carbocycles. The van der Waals surface area contributed by atoms with Crippen LogP contribution in [-0.4, -0.2) is 10.9 Å². The average Bonchev–Trinajstić information content (AvgIpc) is 2.45. The number of benzene rings is 1. The first kappa shape index (κ1) is 17.0. The third-order valence-corrected chi connectivity index (χ3v) is 3.64. The predicted molar refractivity (Wildman–Crippen MR) is 84.9 cm³/mol. The Bertz CT molecular complexity index is 337. The van der Waals surface area contributed by atoms with E-state index in [1.807, 2.05) is 30.3 Å². The molecular formula is C18H30O2. The van der Waals surface area contributed by atoms with E-state index in [9.17, 15) is 5.11 Å². The minimum Gasteiger partial charge on any atom is -0.463 e. The van der Waals surface area contributed by atoms with Gasteiger partial charge in [0.05, 0.1) is 0 Å². The maximum absolute atomic E-state index is 10.8. The molecular weight excluding hydrogens is 248 g/mol. The van der Waals surface area contributed by atoms with Crippen molar-refractivity contribution in [3.63, 3.8) is 0 Å². The molecule has 0 radical (unpaired) electrons. The smallest absolute Gasteiger partial charge is 0.208 e. The van der Waals surface area contributed by atoms with Gasteiger partial charge >= 0.3 is 0 Å². The minimum atomic E-state index is -0.996. The summed E-state index contributed by atoms with van der Waals surface area (Å²) in [5, 5.41) is 10.8. The highest BCUT2D eigenvalue weighted by atomic mass is 16.6. The van der Waals surface area contributed by atoms with Gasteiger partial charge in [-0.15, -0.1) is 0 Å². The van der Waals surface area contributed by atoms with E-state index in [-0.39, 0.29) is 0 Å². The molecule has 0 aliphatic rings. The van der Waals surface area contributed by atoms with Gasteiger partial charge in [-0.25, -0.2) is 0 Å². The fraction of sp³-hybridized carbons (Fsp3) is 0.667. The topological polar surface area (TPSA) is 29.5 Å². The van der Waals surface area contributed by atoms with E-state index in [2.05, 4.69) is 13.8 Å². The molecule has 2 heteroatoms. The first-order chi connectivity index (χ1) is 9.70. The molecule has 1 unspecified atom stereocenters. The highest BCUT2D eigenvalue weighted by Crippen LogP contribution is 2.26. The van der Waals surface area contributed by atoms with Crippen LogP contribution in [-0.2, 0) is 0 Å². The molecule has 0 heterocycles. The van der Waals surface area contributed by atoms with E-state index in [1.165, 1.54) is 19.3 Å². The molecule has 20 heavy (non-hydrogen) atoms. The summed E-state index contributed by atoms with van der Waals surface area (Å²) in [5.41, 5.74) is 0. The van der Waals surface area contributed by atoms with Crippen molar-refractivity contribution in [2.24, 2.45) is 0 Å². The average molecular weight is 278 g/mol. The van der Waals surface area contributed by atoms with Gasteiger partial charge in [0.2, 0.25) is 5.79 Å². The van der Waals surface area contributed by atoms with E-state index in [0.717, 1.165) is 44.3 Å². The molecule has 0 spiro atoms. The number of aliphatic hydroxyl groups is 1. The summed E-state index contributed by atoms with van der Waals surface area (Å²) in [6.45, 7) is 4.38. The highest BCUT2D eigenvalue weighted by Gasteiger charge is 2.27. The number of hydrogen-bond donors (Lipinski definition) is 1. The van der Waals surface area contributed by atoms with Crippen molar-refractivity contribution in [3.05, 3.63) is 30.3 Å².